The van der Waals surface area contributed by atoms with E-state index in [1.807, 2.05) is 25.1 Å². The van der Waals surface area contributed by atoms with Crippen LogP contribution in [0.1, 0.15) is 54.5 Å². The Morgan fingerprint density at radius 1 is 1.29 bits per heavy atom. The van der Waals surface area contributed by atoms with E-state index in [4.69, 9.17) is 9.84 Å². The maximum atomic E-state index is 10.8. The lowest BCUT2D eigenvalue weighted by atomic mass is 9.79. The Morgan fingerprint density at radius 2 is 2.08 bits per heavy atom. The van der Waals surface area contributed by atoms with Crippen molar-refractivity contribution in [3.63, 3.8) is 0 Å². The second kappa shape index (κ2) is 6.07. The van der Waals surface area contributed by atoms with Crippen LogP contribution in [0.5, 0.6) is 5.75 Å². The first-order chi connectivity index (χ1) is 11.4. The maximum Gasteiger partial charge on any atom is 0.356 e. The first-order valence-corrected chi connectivity index (χ1v) is 7.88. The van der Waals surface area contributed by atoms with Gasteiger partial charge in [-0.3, -0.25) is 4.98 Å². The van der Waals surface area contributed by atoms with Gasteiger partial charge in [-0.25, -0.2) is 9.78 Å². The summed E-state index contributed by atoms with van der Waals surface area (Å²) in [7, 11) is 0. The number of fused-ring (bicyclic) bond motifs is 1. The number of allylic oxidation sites excluding steroid dienone is 1. The normalized spacial score (nSPS) is 16.2. The molecule has 1 aromatic heterocycles. The van der Waals surface area contributed by atoms with Gasteiger partial charge in [0.15, 0.2) is 5.69 Å². The standard InChI is InChI=1S/C19H20N2O3/c1-12(8-14-10-21-16(11-20-14)18(22)23)13-4-5-17-15(9-13)19(2,3)6-7-24-17/h4-5,8-11H,6-7H2,1-3H3,(H,22,23)/b12-8+. The molecule has 124 valence electrons. The van der Waals surface area contributed by atoms with Crippen LogP contribution in [0.4, 0.5) is 0 Å². The highest BCUT2D eigenvalue weighted by Gasteiger charge is 2.28. The highest BCUT2D eigenvalue weighted by Crippen LogP contribution is 2.39. The van der Waals surface area contributed by atoms with Crippen LogP contribution in [0.15, 0.2) is 30.6 Å². The second-order valence-corrected chi connectivity index (χ2v) is 6.65. The van der Waals surface area contributed by atoms with Crippen molar-refractivity contribution in [2.75, 3.05) is 6.61 Å². The van der Waals surface area contributed by atoms with Crippen molar-refractivity contribution in [3.05, 3.63) is 53.1 Å². The van der Waals surface area contributed by atoms with Crippen LogP contribution in [0.3, 0.4) is 0 Å². The molecule has 3 rings (SSSR count). The first-order valence-electron chi connectivity index (χ1n) is 7.88. The summed E-state index contributed by atoms with van der Waals surface area (Å²) in [6.07, 6.45) is 5.63. The van der Waals surface area contributed by atoms with E-state index in [9.17, 15) is 4.79 Å². The van der Waals surface area contributed by atoms with Crippen molar-refractivity contribution < 1.29 is 14.6 Å². The Balaban J connectivity index is 1.92. The summed E-state index contributed by atoms with van der Waals surface area (Å²) in [6, 6.07) is 6.21. The van der Waals surface area contributed by atoms with Gasteiger partial charge in [-0.2, -0.15) is 0 Å². The van der Waals surface area contributed by atoms with Crippen molar-refractivity contribution in [1.82, 2.24) is 9.97 Å². The Hall–Kier alpha value is -2.69. The molecule has 0 aliphatic carbocycles. The number of hydrogen-bond acceptors (Lipinski definition) is 4. The molecule has 1 aliphatic heterocycles. The quantitative estimate of drug-likeness (QED) is 0.930. The van der Waals surface area contributed by atoms with Gasteiger partial charge in [-0.1, -0.05) is 19.9 Å². The van der Waals surface area contributed by atoms with Crippen molar-refractivity contribution in [3.8, 4) is 5.75 Å². The second-order valence-electron chi connectivity index (χ2n) is 6.65. The zero-order valence-corrected chi connectivity index (χ0v) is 14.0. The average Bonchev–Trinajstić information content (AvgIpc) is 2.55. The number of carboxylic acids is 1. The fourth-order valence-corrected chi connectivity index (χ4v) is 2.81. The number of ether oxygens (including phenoxy) is 1. The highest BCUT2D eigenvalue weighted by molar-refractivity contribution is 5.85. The van der Waals surface area contributed by atoms with Crippen LogP contribution in [0.25, 0.3) is 11.6 Å². The molecule has 1 aromatic carbocycles. The smallest absolute Gasteiger partial charge is 0.356 e. The van der Waals surface area contributed by atoms with Crippen LogP contribution in [-0.2, 0) is 5.41 Å². The molecule has 0 spiro atoms. The molecule has 2 heterocycles. The lowest BCUT2D eigenvalue weighted by molar-refractivity contribution is 0.0690. The monoisotopic (exact) mass is 324 g/mol. The SMILES string of the molecule is C/C(=C\c1cnc(C(=O)O)cn1)c1ccc2c(c1)C(C)(C)CCO2. The molecule has 1 aliphatic rings. The van der Waals surface area contributed by atoms with E-state index >= 15 is 0 Å². The Labute approximate surface area is 141 Å². The van der Waals surface area contributed by atoms with Gasteiger partial charge in [0.05, 0.1) is 24.7 Å². The van der Waals surface area contributed by atoms with E-state index < -0.39 is 5.97 Å². The van der Waals surface area contributed by atoms with Crippen molar-refractivity contribution in [1.29, 1.82) is 0 Å². The molecule has 0 atom stereocenters. The molecule has 1 N–H and O–H groups in total. The zero-order chi connectivity index (χ0) is 17.3. The number of carbonyl (C=O) groups is 1. The van der Waals surface area contributed by atoms with Gasteiger partial charge in [0.25, 0.3) is 0 Å². The predicted octanol–water partition coefficient (Wildman–Crippen LogP) is 3.80. The largest absolute Gasteiger partial charge is 0.493 e. The van der Waals surface area contributed by atoms with E-state index in [2.05, 4.69) is 29.9 Å². The summed E-state index contributed by atoms with van der Waals surface area (Å²) in [6.45, 7) is 7.21. The van der Waals surface area contributed by atoms with Crippen LogP contribution in [-0.4, -0.2) is 27.7 Å². The summed E-state index contributed by atoms with van der Waals surface area (Å²) in [4.78, 5) is 18.9. The van der Waals surface area contributed by atoms with E-state index in [-0.39, 0.29) is 11.1 Å². The molecule has 24 heavy (non-hydrogen) atoms. The number of nitrogens with zero attached hydrogens (tertiary/aromatic N) is 2. The highest BCUT2D eigenvalue weighted by atomic mass is 16.5. The summed E-state index contributed by atoms with van der Waals surface area (Å²) in [5.74, 6) is -0.125. The molecule has 0 fully saturated rings. The van der Waals surface area contributed by atoms with E-state index in [1.165, 1.54) is 18.0 Å². The molecule has 0 saturated carbocycles. The molecule has 0 bridgehead atoms. The minimum atomic E-state index is -1.08. The minimum absolute atomic E-state index is 0.0579. The van der Waals surface area contributed by atoms with Gasteiger partial charge in [-0.05, 0) is 48.1 Å². The van der Waals surface area contributed by atoms with Crippen LogP contribution >= 0.6 is 0 Å². The first kappa shape index (κ1) is 16.2. The summed E-state index contributed by atoms with van der Waals surface area (Å²) < 4.78 is 5.75. The van der Waals surface area contributed by atoms with Gasteiger partial charge in [0, 0.05) is 5.56 Å². The van der Waals surface area contributed by atoms with Gasteiger partial charge in [0.1, 0.15) is 5.75 Å². The van der Waals surface area contributed by atoms with Gasteiger partial charge in [-0.15, -0.1) is 0 Å². The van der Waals surface area contributed by atoms with Gasteiger partial charge < -0.3 is 9.84 Å². The number of aromatic nitrogens is 2. The Morgan fingerprint density at radius 3 is 2.75 bits per heavy atom. The summed E-state index contributed by atoms with van der Waals surface area (Å²) >= 11 is 0. The molecule has 5 heteroatoms. The van der Waals surface area contributed by atoms with Crippen molar-refractivity contribution >= 4 is 17.6 Å². The molecule has 0 amide bonds. The third-order valence-electron chi connectivity index (χ3n) is 4.40. The van der Waals surface area contributed by atoms with Crippen molar-refractivity contribution in [2.24, 2.45) is 0 Å². The lowest BCUT2D eigenvalue weighted by Crippen LogP contribution is -2.26. The van der Waals surface area contributed by atoms with Crippen LogP contribution in [0, 0.1) is 0 Å². The van der Waals surface area contributed by atoms with Gasteiger partial charge >= 0.3 is 5.97 Å². The fourth-order valence-electron chi connectivity index (χ4n) is 2.81. The summed E-state index contributed by atoms with van der Waals surface area (Å²) in [5.41, 5.74) is 4.01. The van der Waals surface area contributed by atoms with E-state index in [0.29, 0.717) is 5.69 Å². The Bertz CT molecular complexity index is 808. The zero-order valence-electron chi connectivity index (χ0n) is 14.0. The number of carboxylic acid groups (broad SMARTS) is 1. The third-order valence-corrected chi connectivity index (χ3v) is 4.40. The molecule has 0 saturated heterocycles. The average molecular weight is 324 g/mol. The van der Waals surface area contributed by atoms with E-state index in [1.54, 1.807) is 0 Å². The number of rotatable bonds is 3. The molecule has 5 nitrogen and oxygen atoms in total. The molecular formula is C19H20N2O3. The lowest BCUT2D eigenvalue weighted by Gasteiger charge is -2.32. The third kappa shape index (κ3) is 3.15. The molecule has 2 aromatic rings. The van der Waals surface area contributed by atoms with E-state index in [0.717, 1.165) is 29.9 Å². The minimum Gasteiger partial charge on any atom is -0.493 e. The predicted molar refractivity (Wildman–Crippen MR) is 92.1 cm³/mol. The Kier molecular flexibility index (Phi) is 4.09. The maximum absolute atomic E-state index is 10.8. The molecule has 0 radical (unpaired) electrons. The molecule has 0 unspecified atom stereocenters. The van der Waals surface area contributed by atoms with Crippen LogP contribution in [0.2, 0.25) is 0 Å². The summed E-state index contributed by atoms with van der Waals surface area (Å²) in [5, 5.41) is 8.87. The van der Waals surface area contributed by atoms with Gasteiger partial charge in [0.2, 0.25) is 0 Å². The van der Waals surface area contributed by atoms with Crippen LogP contribution < -0.4 is 4.74 Å². The number of hydrogen-bond donors (Lipinski definition) is 1. The number of aromatic carboxylic acids is 1. The number of benzene rings is 1. The fraction of sp³-hybridized carbons (Fsp3) is 0.316. The van der Waals surface area contributed by atoms with Crippen molar-refractivity contribution in [2.45, 2.75) is 32.6 Å². The molecular weight excluding hydrogens is 304 g/mol. The topological polar surface area (TPSA) is 72.3 Å².